The van der Waals surface area contributed by atoms with Crippen molar-refractivity contribution in [1.29, 1.82) is 0 Å². The molecule has 5 rings (SSSR count). The van der Waals surface area contributed by atoms with Crippen LogP contribution >= 0.6 is 23.2 Å². The number of rotatable bonds is 4. The molecule has 0 aliphatic heterocycles. The maximum Gasteiger partial charge on any atom is 0.337 e. The van der Waals surface area contributed by atoms with E-state index in [0.29, 0.717) is 15.7 Å². The van der Waals surface area contributed by atoms with Crippen LogP contribution in [-0.4, -0.2) is 25.4 Å². The molecule has 1 aliphatic rings. The van der Waals surface area contributed by atoms with Crippen LogP contribution in [0.15, 0.2) is 61.1 Å². The lowest BCUT2D eigenvalue weighted by Crippen LogP contribution is -2.13. The molecular weight excluding hydrogens is 409 g/mol. The van der Waals surface area contributed by atoms with Crippen LogP contribution in [0.5, 0.6) is 0 Å². The van der Waals surface area contributed by atoms with Crippen LogP contribution in [0.3, 0.4) is 0 Å². The van der Waals surface area contributed by atoms with Crippen LogP contribution in [0.4, 0.5) is 0 Å². The van der Waals surface area contributed by atoms with Crippen molar-refractivity contribution in [2.24, 2.45) is 0 Å². The number of carbonyl (C=O) groups is 1. The Morgan fingerprint density at radius 3 is 2.45 bits per heavy atom. The zero-order chi connectivity index (χ0) is 20.2. The van der Waals surface area contributed by atoms with Crippen molar-refractivity contribution >= 4 is 34.8 Å². The van der Waals surface area contributed by atoms with Crippen LogP contribution in [-0.2, 0) is 5.41 Å². The van der Waals surface area contributed by atoms with Crippen molar-refractivity contribution < 1.29 is 9.90 Å². The van der Waals surface area contributed by atoms with Crippen LogP contribution in [0, 0.1) is 0 Å². The predicted molar refractivity (Wildman–Crippen MR) is 112 cm³/mol. The second-order valence-corrected chi connectivity index (χ2v) is 7.99. The quantitative estimate of drug-likeness (QED) is 0.471. The maximum atomic E-state index is 11.1. The first kappa shape index (κ1) is 18.2. The summed E-state index contributed by atoms with van der Waals surface area (Å²) in [5, 5.41) is 10.4. The number of pyridine rings is 1. The summed E-state index contributed by atoms with van der Waals surface area (Å²) < 4.78 is 2.05. The van der Waals surface area contributed by atoms with Gasteiger partial charge in [0.05, 0.1) is 11.3 Å². The Bertz CT molecular complexity index is 1240. The SMILES string of the molecule is O=C(O)c1ccc(-c2cc(C3(c4c(Cl)cccc4Cl)CC3)n3cccnc23)nc1. The highest BCUT2D eigenvalue weighted by atomic mass is 35.5. The van der Waals surface area contributed by atoms with E-state index in [-0.39, 0.29) is 11.0 Å². The molecule has 0 amide bonds. The number of aromatic carboxylic acids is 1. The summed E-state index contributed by atoms with van der Waals surface area (Å²) in [5.74, 6) is -1.00. The van der Waals surface area contributed by atoms with Crippen molar-refractivity contribution in [2.45, 2.75) is 18.3 Å². The molecule has 4 aromatic rings. The number of aromatic nitrogens is 3. The van der Waals surface area contributed by atoms with Crippen LogP contribution in [0.25, 0.3) is 16.9 Å². The third kappa shape index (κ3) is 2.81. The maximum absolute atomic E-state index is 11.1. The number of halogens is 2. The lowest BCUT2D eigenvalue weighted by molar-refractivity contribution is 0.0696. The Balaban J connectivity index is 1.72. The molecule has 1 saturated carbocycles. The summed E-state index contributed by atoms with van der Waals surface area (Å²) in [6.07, 6.45) is 6.93. The van der Waals surface area contributed by atoms with E-state index in [0.717, 1.165) is 35.3 Å². The molecule has 0 spiro atoms. The van der Waals surface area contributed by atoms with E-state index in [1.807, 2.05) is 30.5 Å². The van der Waals surface area contributed by atoms with Gasteiger partial charge in [0, 0.05) is 50.9 Å². The van der Waals surface area contributed by atoms with Gasteiger partial charge in [0.1, 0.15) is 5.65 Å². The molecule has 0 radical (unpaired) electrons. The van der Waals surface area contributed by atoms with Crippen molar-refractivity contribution in [2.75, 3.05) is 0 Å². The van der Waals surface area contributed by atoms with Gasteiger partial charge in [0.25, 0.3) is 0 Å². The molecule has 1 aliphatic carbocycles. The lowest BCUT2D eigenvalue weighted by atomic mass is 9.91. The normalized spacial score (nSPS) is 14.8. The van der Waals surface area contributed by atoms with E-state index < -0.39 is 5.97 Å². The topological polar surface area (TPSA) is 67.5 Å². The zero-order valence-corrected chi connectivity index (χ0v) is 16.7. The Kier molecular flexibility index (Phi) is 4.12. The Morgan fingerprint density at radius 2 is 1.83 bits per heavy atom. The number of hydrogen-bond donors (Lipinski definition) is 1. The smallest absolute Gasteiger partial charge is 0.337 e. The summed E-state index contributed by atoms with van der Waals surface area (Å²) in [6.45, 7) is 0. The fourth-order valence-electron chi connectivity index (χ4n) is 3.99. The summed E-state index contributed by atoms with van der Waals surface area (Å²) in [5.41, 5.74) is 4.12. The van der Waals surface area contributed by atoms with E-state index in [1.54, 1.807) is 18.3 Å². The molecular formula is C22H15Cl2N3O2. The second kappa shape index (κ2) is 6.58. The van der Waals surface area contributed by atoms with Crippen molar-refractivity contribution in [3.05, 3.63) is 87.9 Å². The van der Waals surface area contributed by atoms with Gasteiger partial charge < -0.3 is 9.51 Å². The number of carboxylic acids is 1. The van der Waals surface area contributed by atoms with E-state index in [9.17, 15) is 4.79 Å². The van der Waals surface area contributed by atoms with Gasteiger partial charge in [-0.25, -0.2) is 9.78 Å². The minimum absolute atomic E-state index is 0.145. The molecule has 0 unspecified atom stereocenters. The second-order valence-electron chi connectivity index (χ2n) is 7.17. The first-order valence-electron chi connectivity index (χ1n) is 9.12. The number of hydrogen-bond acceptors (Lipinski definition) is 3. The average Bonchev–Trinajstić information content (AvgIpc) is 3.41. The molecule has 1 aromatic carbocycles. The van der Waals surface area contributed by atoms with Gasteiger partial charge in [-0.2, -0.15) is 0 Å². The standard InChI is InChI=1S/C22H15Cl2N3O2/c23-15-3-1-4-16(24)19(15)22(7-8-22)18-11-14(20-25-9-2-10-27(18)20)17-6-5-13(12-26-17)21(28)29/h1-6,9-12H,7-8H2,(H,28,29). The fraction of sp³-hybridized carbons (Fsp3) is 0.136. The molecule has 3 heterocycles. The van der Waals surface area contributed by atoms with Gasteiger partial charge in [0.2, 0.25) is 0 Å². The van der Waals surface area contributed by atoms with E-state index in [2.05, 4.69) is 20.4 Å². The number of nitrogens with zero attached hydrogens (tertiary/aromatic N) is 3. The van der Waals surface area contributed by atoms with Crippen LogP contribution in [0.1, 0.15) is 34.5 Å². The molecule has 0 saturated heterocycles. The van der Waals surface area contributed by atoms with Gasteiger partial charge in [-0.05, 0) is 49.2 Å². The Labute approximate surface area is 176 Å². The molecule has 1 fully saturated rings. The third-order valence-electron chi connectivity index (χ3n) is 5.50. The van der Waals surface area contributed by atoms with Crippen LogP contribution < -0.4 is 0 Å². The Morgan fingerprint density at radius 1 is 1.07 bits per heavy atom. The van der Waals surface area contributed by atoms with Gasteiger partial charge in [-0.3, -0.25) is 4.98 Å². The van der Waals surface area contributed by atoms with Crippen molar-refractivity contribution in [3.8, 4) is 11.3 Å². The average molecular weight is 424 g/mol. The highest BCUT2D eigenvalue weighted by Crippen LogP contribution is 2.58. The van der Waals surface area contributed by atoms with Gasteiger partial charge in [-0.1, -0.05) is 29.3 Å². The van der Waals surface area contributed by atoms with E-state index >= 15 is 0 Å². The Hall–Kier alpha value is -2.89. The molecule has 7 heteroatoms. The largest absolute Gasteiger partial charge is 0.478 e. The first-order chi connectivity index (χ1) is 14.0. The molecule has 3 aromatic heterocycles. The highest BCUT2D eigenvalue weighted by molar-refractivity contribution is 6.36. The fourth-order valence-corrected chi connectivity index (χ4v) is 4.75. The molecule has 1 N–H and O–H groups in total. The first-order valence-corrected chi connectivity index (χ1v) is 9.88. The van der Waals surface area contributed by atoms with E-state index in [1.165, 1.54) is 6.20 Å². The summed E-state index contributed by atoms with van der Waals surface area (Å²) in [7, 11) is 0. The number of benzene rings is 1. The number of carboxylic acid groups (broad SMARTS) is 1. The monoisotopic (exact) mass is 423 g/mol. The highest BCUT2D eigenvalue weighted by Gasteiger charge is 2.50. The lowest BCUT2D eigenvalue weighted by Gasteiger charge is -2.19. The van der Waals surface area contributed by atoms with Crippen molar-refractivity contribution in [1.82, 2.24) is 14.4 Å². The van der Waals surface area contributed by atoms with Gasteiger partial charge >= 0.3 is 5.97 Å². The molecule has 29 heavy (non-hydrogen) atoms. The minimum Gasteiger partial charge on any atom is -0.478 e. The minimum atomic E-state index is -1.00. The summed E-state index contributed by atoms with van der Waals surface area (Å²) >= 11 is 13.1. The van der Waals surface area contributed by atoms with Gasteiger partial charge in [-0.15, -0.1) is 0 Å². The molecule has 5 nitrogen and oxygen atoms in total. The molecule has 0 atom stereocenters. The zero-order valence-electron chi connectivity index (χ0n) is 15.1. The van der Waals surface area contributed by atoms with E-state index in [4.69, 9.17) is 28.3 Å². The molecule has 0 bridgehead atoms. The van der Waals surface area contributed by atoms with Crippen LogP contribution in [0.2, 0.25) is 10.0 Å². The predicted octanol–water partition coefficient (Wildman–Crippen LogP) is 5.48. The number of fused-ring (bicyclic) bond motifs is 1. The summed E-state index contributed by atoms with van der Waals surface area (Å²) in [6, 6.07) is 12.8. The van der Waals surface area contributed by atoms with Crippen molar-refractivity contribution in [3.63, 3.8) is 0 Å². The summed E-state index contributed by atoms with van der Waals surface area (Å²) in [4.78, 5) is 20.1. The third-order valence-corrected chi connectivity index (χ3v) is 6.13. The molecule has 144 valence electrons. The van der Waals surface area contributed by atoms with Gasteiger partial charge in [0.15, 0.2) is 0 Å².